The van der Waals surface area contributed by atoms with Gasteiger partial charge in [-0.25, -0.2) is 0 Å². The van der Waals surface area contributed by atoms with Crippen LogP contribution >= 0.6 is 0 Å². The minimum atomic E-state index is -0.496. The second-order valence-corrected chi connectivity index (χ2v) is 6.91. The van der Waals surface area contributed by atoms with Gasteiger partial charge in [-0.05, 0) is 50.8 Å². The third-order valence-corrected chi connectivity index (χ3v) is 5.03. The van der Waals surface area contributed by atoms with Crippen LogP contribution in [0, 0.1) is 12.3 Å². The first kappa shape index (κ1) is 17.7. The third kappa shape index (κ3) is 4.10. The second-order valence-electron chi connectivity index (χ2n) is 6.91. The van der Waals surface area contributed by atoms with Crippen molar-refractivity contribution < 1.29 is 14.1 Å². The lowest BCUT2D eigenvalue weighted by molar-refractivity contribution is -0.159. The normalized spacial score (nSPS) is 21.2. The summed E-state index contributed by atoms with van der Waals surface area (Å²) in [5.74, 6) is -0.0805. The second kappa shape index (κ2) is 7.83. The summed E-state index contributed by atoms with van der Waals surface area (Å²) in [4.78, 5) is 15.2. The van der Waals surface area contributed by atoms with Gasteiger partial charge >= 0.3 is 5.97 Å². The fourth-order valence-electron chi connectivity index (χ4n) is 3.75. The van der Waals surface area contributed by atoms with E-state index in [1.807, 2.05) is 25.1 Å². The van der Waals surface area contributed by atoms with E-state index in [0.717, 1.165) is 25.1 Å². The van der Waals surface area contributed by atoms with E-state index in [4.69, 9.17) is 9.26 Å². The van der Waals surface area contributed by atoms with Crippen LogP contribution in [0.25, 0.3) is 0 Å². The van der Waals surface area contributed by atoms with E-state index in [1.54, 1.807) is 6.26 Å². The number of aromatic nitrogens is 1. The van der Waals surface area contributed by atoms with Gasteiger partial charge in [-0.15, -0.1) is 0 Å². The molecule has 0 saturated carbocycles. The summed E-state index contributed by atoms with van der Waals surface area (Å²) >= 11 is 0. The fourth-order valence-corrected chi connectivity index (χ4v) is 3.75. The van der Waals surface area contributed by atoms with Crippen LogP contribution in [0.3, 0.4) is 0 Å². The van der Waals surface area contributed by atoms with Crippen LogP contribution in [0.1, 0.15) is 36.6 Å². The first-order valence-electron chi connectivity index (χ1n) is 8.96. The Hall–Kier alpha value is -2.14. The molecule has 0 spiro atoms. The number of hydrogen-bond donors (Lipinski definition) is 0. The molecule has 1 aliphatic rings. The molecule has 1 aliphatic heterocycles. The van der Waals surface area contributed by atoms with Crippen LogP contribution in [0.4, 0.5) is 0 Å². The lowest BCUT2D eigenvalue weighted by Gasteiger charge is -2.41. The molecule has 1 aromatic carbocycles. The fraction of sp³-hybridized carbons (Fsp3) is 0.500. The first-order valence-corrected chi connectivity index (χ1v) is 8.96. The van der Waals surface area contributed by atoms with Crippen molar-refractivity contribution in [2.75, 3.05) is 19.7 Å². The van der Waals surface area contributed by atoms with Gasteiger partial charge in [-0.1, -0.05) is 29.4 Å². The van der Waals surface area contributed by atoms with Gasteiger partial charge in [-0.3, -0.25) is 9.69 Å². The molecule has 134 valence electrons. The highest BCUT2D eigenvalue weighted by molar-refractivity contribution is 5.78. The maximum absolute atomic E-state index is 12.9. The van der Waals surface area contributed by atoms with Crippen molar-refractivity contribution in [3.05, 3.63) is 53.4 Å². The summed E-state index contributed by atoms with van der Waals surface area (Å²) in [5, 5.41) is 4.00. The summed E-state index contributed by atoms with van der Waals surface area (Å²) in [5.41, 5.74) is 2.85. The van der Waals surface area contributed by atoms with Crippen molar-refractivity contribution in [3.63, 3.8) is 0 Å². The first-order chi connectivity index (χ1) is 12.1. The van der Waals surface area contributed by atoms with Crippen LogP contribution < -0.4 is 0 Å². The molecule has 1 saturated heterocycles. The van der Waals surface area contributed by atoms with E-state index in [0.29, 0.717) is 26.1 Å². The average Bonchev–Trinajstić information content (AvgIpc) is 3.10. The molecular weight excluding hydrogens is 316 g/mol. The number of benzene rings is 1. The molecule has 2 aromatic rings. The summed E-state index contributed by atoms with van der Waals surface area (Å²) in [7, 11) is 0. The molecule has 1 unspecified atom stereocenters. The standard InChI is InChI=1S/C20H26N2O3/c1-3-24-19(23)20(13-17-8-5-4-7-16(17)2)10-6-11-22(15-20)14-18-9-12-25-21-18/h4-5,7-9,12H,3,6,10-11,13-15H2,1-2H3. The highest BCUT2D eigenvalue weighted by Crippen LogP contribution is 2.36. The van der Waals surface area contributed by atoms with Crippen molar-refractivity contribution in [3.8, 4) is 0 Å². The zero-order chi connectivity index (χ0) is 17.7. The number of likely N-dealkylation sites (tertiary alicyclic amines) is 1. The molecular formula is C20H26N2O3. The SMILES string of the molecule is CCOC(=O)C1(Cc2ccccc2C)CCCN(Cc2ccon2)C1. The van der Waals surface area contributed by atoms with Gasteiger partial charge in [0.2, 0.25) is 0 Å². The summed E-state index contributed by atoms with van der Waals surface area (Å²) in [6.45, 7) is 6.73. The van der Waals surface area contributed by atoms with Gasteiger partial charge in [0.05, 0.1) is 17.7 Å². The Morgan fingerprint density at radius 1 is 1.36 bits per heavy atom. The Labute approximate surface area is 148 Å². The topological polar surface area (TPSA) is 55.6 Å². The predicted molar refractivity (Wildman–Crippen MR) is 95.0 cm³/mol. The molecule has 2 heterocycles. The molecule has 3 rings (SSSR count). The van der Waals surface area contributed by atoms with Crippen LogP contribution in [0.5, 0.6) is 0 Å². The number of carbonyl (C=O) groups excluding carboxylic acids is 1. The number of ether oxygens (including phenoxy) is 1. The smallest absolute Gasteiger partial charge is 0.313 e. The zero-order valence-electron chi connectivity index (χ0n) is 15.0. The lowest BCUT2D eigenvalue weighted by Crippen LogP contribution is -2.49. The number of piperidine rings is 1. The predicted octanol–water partition coefficient (Wildman–Crippen LogP) is 3.37. The molecule has 0 amide bonds. The van der Waals surface area contributed by atoms with Gasteiger partial charge in [0.1, 0.15) is 6.26 Å². The largest absolute Gasteiger partial charge is 0.466 e. The minimum absolute atomic E-state index is 0.0805. The minimum Gasteiger partial charge on any atom is -0.466 e. The molecule has 0 bridgehead atoms. The molecule has 5 heteroatoms. The molecule has 0 N–H and O–H groups in total. The van der Waals surface area contributed by atoms with Crippen molar-refractivity contribution in [2.24, 2.45) is 5.41 Å². The molecule has 0 radical (unpaired) electrons. The summed E-state index contributed by atoms with van der Waals surface area (Å²) < 4.78 is 10.4. The van der Waals surface area contributed by atoms with Crippen LogP contribution in [0.2, 0.25) is 0 Å². The molecule has 1 atom stereocenters. The molecule has 25 heavy (non-hydrogen) atoms. The monoisotopic (exact) mass is 342 g/mol. The van der Waals surface area contributed by atoms with E-state index in [-0.39, 0.29) is 5.97 Å². The molecule has 1 aromatic heterocycles. The van der Waals surface area contributed by atoms with E-state index in [2.05, 4.69) is 29.1 Å². The Morgan fingerprint density at radius 3 is 2.92 bits per heavy atom. The quantitative estimate of drug-likeness (QED) is 0.753. The van der Waals surface area contributed by atoms with Crippen LogP contribution in [-0.4, -0.2) is 35.7 Å². The molecule has 5 nitrogen and oxygen atoms in total. The highest BCUT2D eigenvalue weighted by atomic mass is 16.5. The Kier molecular flexibility index (Phi) is 5.53. The van der Waals surface area contributed by atoms with E-state index < -0.39 is 5.41 Å². The zero-order valence-corrected chi connectivity index (χ0v) is 15.0. The highest BCUT2D eigenvalue weighted by Gasteiger charge is 2.43. The Bertz CT molecular complexity index is 699. The van der Waals surface area contributed by atoms with Gasteiger partial charge in [0.15, 0.2) is 0 Å². The van der Waals surface area contributed by atoms with E-state index in [9.17, 15) is 4.79 Å². The number of carbonyl (C=O) groups is 1. The maximum atomic E-state index is 12.9. The number of aryl methyl sites for hydroxylation is 1. The van der Waals surface area contributed by atoms with Crippen molar-refractivity contribution in [2.45, 2.75) is 39.7 Å². The number of rotatable bonds is 6. The average molecular weight is 342 g/mol. The third-order valence-electron chi connectivity index (χ3n) is 5.03. The Balaban J connectivity index is 1.83. The summed E-state index contributed by atoms with van der Waals surface area (Å²) in [6.07, 6.45) is 4.14. The van der Waals surface area contributed by atoms with Gasteiger partial charge in [-0.2, -0.15) is 0 Å². The Morgan fingerprint density at radius 2 is 2.20 bits per heavy atom. The molecule has 1 fully saturated rings. The lowest BCUT2D eigenvalue weighted by atomic mass is 9.74. The summed E-state index contributed by atoms with van der Waals surface area (Å²) in [6, 6.07) is 10.2. The van der Waals surface area contributed by atoms with Crippen molar-refractivity contribution in [1.29, 1.82) is 0 Å². The van der Waals surface area contributed by atoms with Gasteiger partial charge in [0.25, 0.3) is 0 Å². The van der Waals surface area contributed by atoms with E-state index >= 15 is 0 Å². The van der Waals surface area contributed by atoms with E-state index in [1.165, 1.54) is 11.1 Å². The maximum Gasteiger partial charge on any atom is 0.313 e. The number of nitrogens with zero attached hydrogens (tertiary/aromatic N) is 2. The van der Waals surface area contributed by atoms with Gasteiger partial charge in [0, 0.05) is 19.2 Å². The number of esters is 1. The number of hydrogen-bond acceptors (Lipinski definition) is 5. The van der Waals surface area contributed by atoms with Crippen molar-refractivity contribution in [1.82, 2.24) is 10.1 Å². The van der Waals surface area contributed by atoms with Crippen molar-refractivity contribution >= 4 is 5.97 Å². The van der Waals surface area contributed by atoms with Gasteiger partial charge < -0.3 is 9.26 Å². The molecule has 0 aliphatic carbocycles. The van der Waals surface area contributed by atoms with Crippen LogP contribution in [-0.2, 0) is 22.5 Å². The van der Waals surface area contributed by atoms with Crippen LogP contribution in [0.15, 0.2) is 41.1 Å².